The molecule has 192 valence electrons. The molecular formula is C18H20BrF4N7O5. The highest BCUT2D eigenvalue weighted by atomic mass is 79.9. The van der Waals surface area contributed by atoms with E-state index < -0.39 is 18.0 Å². The number of carboxylic acid groups (broad SMARTS) is 1. The number of nitrogens with one attached hydrogen (secondary N) is 2. The van der Waals surface area contributed by atoms with Gasteiger partial charge in [0.15, 0.2) is 5.69 Å². The molecule has 0 bridgehead atoms. The van der Waals surface area contributed by atoms with Crippen molar-refractivity contribution < 1.29 is 42.1 Å². The van der Waals surface area contributed by atoms with Crippen LogP contribution < -0.4 is 10.6 Å². The van der Waals surface area contributed by atoms with Gasteiger partial charge in [-0.3, -0.25) is 5.32 Å². The summed E-state index contributed by atoms with van der Waals surface area (Å²) < 4.78 is 50.0. The average Bonchev–Trinajstić information content (AvgIpc) is 3.27. The Kier molecular flexibility index (Phi) is 9.76. The summed E-state index contributed by atoms with van der Waals surface area (Å²) in [6, 6.07) is 3.79. The number of carbonyl (C=O) groups excluding carboxylic acids is 1. The van der Waals surface area contributed by atoms with E-state index in [1.165, 1.54) is 18.2 Å². The highest BCUT2D eigenvalue weighted by molar-refractivity contribution is 9.10. The molecule has 1 aromatic carbocycles. The van der Waals surface area contributed by atoms with Crippen LogP contribution in [0.2, 0.25) is 0 Å². The minimum atomic E-state index is -5.08. The number of carbonyl (C=O) groups is 2. The van der Waals surface area contributed by atoms with Gasteiger partial charge in [0.05, 0.1) is 4.47 Å². The van der Waals surface area contributed by atoms with Gasteiger partial charge in [0.1, 0.15) is 5.82 Å². The monoisotopic (exact) mass is 569 g/mol. The molecule has 2 aromatic rings. The second kappa shape index (κ2) is 12.3. The highest BCUT2D eigenvalue weighted by Crippen LogP contribution is 2.21. The van der Waals surface area contributed by atoms with Crippen LogP contribution in [0, 0.1) is 5.82 Å². The van der Waals surface area contributed by atoms with E-state index in [1.807, 2.05) is 0 Å². The molecule has 0 atom stereocenters. The normalized spacial score (nSPS) is 14.7. The number of aromatic nitrogens is 2. The minimum Gasteiger partial charge on any atom is -0.475 e. The van der Waals surface area contributed by atoms with Gasteiger partial charge < -0.3 is 25.4 Å². The quantitative estimate of drug-likeness (QED) is 0.143. The van der Waals surface area contributed by atoms with E-state index in [4.69, 9.17) is 9.90 Å². The molecule has 0 unspecified atom stereocenters. The Balaban J connectivity index is 0.000000540. The molecule has 0 aliphatic carbocycles. The number of hydrogen-bond donors (Lipinski definition) is 4. The van der Waals surface area contributed by atoms with Gasteiger partial charge in [-0.2, -0.15) is 13.2 Å². The Bertz CT molecular complexity index is 1060. The van der Waals surface area contributed by atoms with E-state index in [2.05, 4.69) is 58.5 Å². The molecule has 1 aliphatic rings. The third kappa shape index (κ3) is 8.06. The maximum atomic E-state index is 13.4. The minimum absolute atomic E-state index is 0.00323. The number of amides is 2. The van der Waals surface area contributed by atoms with E-state index in [1.54, 1.807) is 4.90 Å². The second-order valence-electron chi connectivity index (χ2n) is 6.82. The van der Waals surface area contributed by atoms with Crippen molar-refractivity contribution in [2.75, 3.05) is 43.4 Å². The number of anilines is 2. The summed E-state index contributed by atoms with van der Waals surface area (Å²) in [5.74, 6) is -3.31. The average molecular weight is 570 g/mol. The number of amidine groups is 1. The Hall–Kier alpha value is -3.47. The van der Waals surface area contributed by atoms with Crippen LogP contribution in [0.4, 0.5) is 33.9 Å². The summed E-state index contributed by atoms with van der Waals surface area (Å²) in [6.45, 7) is 5.77. The van der Waals surface area contributed by atoms with E-state index in [9.17, 15) is 27.6 Å². The van der Waals surface area contributed by atoms with Gasteiger partial charge in [0.2, 0.25) is 11.7 Å². The molecule has 4 N–H and O–H groups in total. The Labute approximate surface area is 203 Å². The molecule has 2 amide bonds. The molecule has 2 heterocycles. The predicted molar refractivity (Wildman–Crippen MR) is 117 cm³/mol. The topological polar surface area (TPSA) is 156 Å². The fourth-order valence-corrected chi connectivity index (χ4v) is 3.09. The van der Waals surface area contributed by atoms with Gasteiger partial charge in [-0.15, -0.1) is 0 Å². The zero-order chi connectivity index (χ0) is 26.2. The summed E-state index contributed by atoms with van der Waals surface area (Å²) in [5.41, 5.74) is 0.431. The number of rotatable bonds is 4. The molecule has 12 nitrogen and oxygen atoms in total. The number of piperazine rings is 1. The number of hydrogen-bond acceptors (Lipinski definition) is 8. The summed E-state index contributed by atoms with van der Waals surface area (Å²) in [5, 5.41) is 32.4. The standard InChI is InChI=1S/C16H19BrFN7O3.C2HF3O2/c1-2-24-5-7-25(8-6-24)16(26)20-15-13(22-28-23-15)14(21-27)19-10-3-4-12(18)11(17)9-10;3-2(4,5)1(6)7/h3-4,9,27H,2,5-8H2,1H3,(H,19,21)(H,20,23,26);(H,6,7). The number of urea groups is 1. The molecule has 1 saturated heterocycles. The molecule has 0 radical (unpaired) electrons. The van der Waals surface area contributed by atoms with Crippen LogP contribution in [-0.2, 0) is 4.79 Å². The van der Waals surface area contributed by atoms with Crippen molar-refractivity contribution in [1.82, 2.24) is 20.1 Å². The zero-order valence-electron chi connectivity index (χ0n) is 18.0. The van der Waals surface area contributed by atoms with Gasteiger partial charge in [-0.1, -0.05) is 12.1 Å². The smallest absolute Gasteiger partial charge is 0.475 e. The van der Waals surface area contributed by atoms with Crippen LogP contribution in [-0.4, -0.2) is 87.2 Å². The predicted octanol–water partition coefficient (Wildman–Crippen LogP) is 3.02. The van der Waals surface area contributed by atoms with Crippen LogP contribution >= 0.6 is 15.9 Å². The lowest BCUT2D eigenvalue weighted by molar-refractivity contribution is -0.192. The Morgan fingerprint density at radius 2 is 1.83 bits per heavy atom. The molecule has 35 heavy (non-hydrogen) atoms. The number of oxime groups is 1. The first-order valence-corrected chi connectivity index (χ1v) is 10.6. The molecule has 0 saturated carbocycles. The van der Waals surface area contributed by atoms with E-state index in [0.29, 0.717) is 18.8 Å². The van der Waals surface area contributed by atoms with Crippen LogP contribution in [0.1, 0.15) is 12.6 Å². The van der Waals surface area contributed by atoms with Crippen molar-refractivity contribution in [3.05, 3.63) is 34.2 Å². The first-order valence-electron chi connectivity index (χ1n) is 9.81. The summed E-state index contributed by atoms with van der Waals surface area (Å²) >= 11 is 3.08. The maximum absolute atomic E-state index is 13.4. The summed E-state index contributed by atoms with van der Waals surface area (Å²) in [6.07, 6.45) is -5.08. The number of nitrogens with zero attached hydrogens (tertiary/aromatic N) is 5. The van der Waals surface area contributed by atoms with Gasteiger partial charge in [-0.25, -0.2) is 18.6 Å². The SMILES string of the molecule is CCN1CCN(C(=O)Nc2nonc2/C(=N\O)Nc2ccc(F)c(Br)c2)CC1.O=C(O)C(F)(F)F. The molecule has 1 aliphatic heterocycles. The first-order chi connectivity index (χ1) is 16.5. The molecule has 0 spiro atoms. The van der Waals surface area contributed by atoms with Crippen LogP contribution in [0.25, 0.3) is 0 Å². The molecular weight excluding hydrogens is 550 g/mol. The third-order valence-corrected chi connectivity index (χ3v) is 5.18. The zero-order valence-corrected chi connectivity index (χ0v) is 19.6. The fourth-order valence-electron chi connectivity index (χ4n) is 2.72. The van der Waals surface area contributed by atoms with Crippen molar-refractivity contribution in [3.63, 3.8) is 0 Å². The Morgan fingerprint density at radius 3 is 2.34 bits per heavy atom. The van der Waals surface area contributed by atoms with Crippen molar-refractivity contribution in [2.45, 2.75) is 13.1 Å². The Morgan fingerprint density at radius 1 is 1.20 bits per heavy atom. The van der Waals surface area contributed by atoms with Crippen LogP contribution in [0.3, 0.4) is 0 Å². The number of halogens is 5. The van der Waals surface area contributed by atoms with E-state index in [0.717, 1.165) is 19.6 Å². The summed E-state index contributed by atoms with van der Waals surface area (Å²) in [7, 11) is 0. The number of carboxylic acids is 1. The number of likely N-dealkylation sites (N-methyl/N-ethyl adjacent to an activating group) is 1. The lowest BCUT2D eigenvalue weighted by Gasteiger charge is -2.33. The lowest BCUT2D eigenvalue weighted by atomic mass is 10.3. The van der Waals surface area contributed by atoms with Gasteiger partial charge in [0.25, 0.3) is 0 Å². The number of aliphatic carboxylic acids is 1. The van der Waals surface area contributed by atoms with Crippen LogP contribution in [0.15, 0.2) is 32.5 Å². The molecule has 1 aromatic heterocycles. The van der Waals surface area contributed by atoms with Crippen molar-refractivity contribution in [1.29, 1.82) is 0 Å². The number of alkyl halides is 3. The van der Waals surface area contributed by atoms with E-state index in [-0.39, 0.29) is 27.9 Å². The molecule has 1 fully saturated rings. The highest BCUT2D eigenvalue weighted by Gasteiger charge is 2.38. The number of benzene rings is 1. The van der Waals surface area contributed by atoms with Gasteiger partial charge in [-0.05, 0) is 51.0 Å². The first kappa shape index (κ1) is 27.8. The van der Waals surface area contributed by atoms with Gasteiger partial charge >= 0.3 is 18.2 Å². The third-order valence-electron chi connectivity index (χ3n) is 4.57. The molecule has 3 rings (SSSR count). The largest absolute Gasteiger partial charge is 0.490 e. The van der Waals surface area contributed by atoms with Crippen molar-refractivity contribution in [3.8, 4) is 0 Å². The van der Waals surface area contributed by atoms with Gasteiger partial charge in [0, 0.05) is 31.9 Å². The summed E-state index contributed by atoms with van der Waals surface area (Å²) in [4.78, 5) is 25.3. The lowest BCUT2D eigenvalue weighted by Crippen LogP contribution is -2.49. The van der Waals surface area contributed by atoms with Crippen molar-refractivity contribution >= 4 is 45.3 Å². The fraction of sp³-hybridized carbons (Fsp3) is 0.389. The van der Waals surface area contributed by atoms with E-state index >= 15 is 0 Å². The second-order valence-corrected chi connectivity index (χ2v) is 7.67. The van der Waals surface area contributed by atoms with Crippen LogP contribution in [0.5, 0.6) is 0 Å². The van der Waals surface area contributed by atoms with Crippen molar-refractivity contribution in [2.24, 2.45) is 5.16 Å². The molecule has 17 heteroatoms. The maximum Gasteiger partial charge on any atom is 0.490 e.